The molecule has 3 N–H and O–H groups in total. The third-order valence-corrected chi connectivity index (χ3v) is 5.26. The van der Waals surface area contributed by atoms with E-state index in [2.05, 4.69) is 4.72 Å². The van der Waals surface area contributed by atoms with Gasteiger partial charge in [-0.1, -0.05) is 0 Å². The number of sulfonamides is 1. The molecule has 1 saturated carbocycles. The van der Waals surface area contributed by atoms with Crippen LogP contribution in [0.5, 0.6) is 0 Å². The van der Waals surface area contributed by atoms with Crippen molar-refractivity contribution in [2.75, 3.05) is 6.54 Å². The van der Waals surface area contributed by atoms with E-state index in [4.69, 9.17) is 10.2 Å². The van der Waals surface area contributed by atoms with Crippen molar-refractivity contribution in [2.45, 2.75) is 29.7 Å². The predicted molar refractivity (Wildman–Crippen MR) is 78.4 cm³/mol. The quantitative estimate of drug-likeness (QED) is 0.819. The van der Waals surface area contributed by atoms with Crippen molar-refractivity contribution < 1.29 is 12.8 Å². The van der Waals surface area contributed by atoms with Gasteiger partial charge in [-0.3, -0.25) is 0 Å². The van der Waals surface area contributed by atoms with Gasteiger partial charge < -0.3 is 10.2 Å². The van der Waals surface area contributed by atoms with Gasteiger partial charge in [-0.15, -0.1) is 0 Å². The minimum Gasteiger partial charge on any atom is -0.423 e. The summed E-state index contributed by atoms with van der Waals surface area (Å²) in [4.78, 5) is 11.2. The third-order valence-electron chi connectivity index (χ3n) is 3.86. The summed E-state index contributed by atoms with van der Waals surface area (Å²) in [5.41, 5.74) is 5.49. The Kier molecular flexibility index (Phi) is 3.35. The van der Waals surface area contributed by atoms with Crippen molar-refractivity contribution in [3.8, 4) is 0 Å². The van der Waals surface area contributed by atoms with Gasteiger partial charge in [0.1, 0.15) is 5.58 Å². The molecule has 7 heteroatoms. The number of nitrogens with two attached hydrogens (primary N) is 1. The van der Waals surface area contributed by atoms with E-state index in [0.29, 0.717) is 11.0 Å². The molecule has 21 heavy (non-hydrogen) atoms. The van der Waals surface area contributed by atoms with Gasteiger partial charge in [-0.25, -0.2) is 17.9 Å². The van der Waals surface area contributed by atoms with Crippen LogP contribution in [-0.2, 0) is 10.0 Å². The van der Waals surface area contributed by atoms with Crippen molar-refractivity contribution in [1.29, 1.82) is 0 Å². The van der Waals surface area contributed by atoms with Gasteiger partial charge in [0.05, 0.1) is 4.90 Å². The van der Waals surface area contributed by atoms with Crippen molar-refractivity contribution in [3.05, 3.63) is 40.8 Å². The minimum atomic E-state index is -3.62. The Balaban J connectivity index is 1.87. The number of fused-ring (bicyclic) bond motifs is 1. The second-order valence-corrected chi connectivity index (χ2v) is 7.26. The van der Waals surface area contributed by atoms with E-state index in [1.54, 1.807) is 0 Å². The van der Waals surface area contributed by atoms with E-state index in [1.807, 2.05) is 0 Å². The highest BCUT2D eigenvalue weighted by Gasteiger charge is 2.33. The maximum absolute atomic E-state index is 12.3. The molecule has 3 rings (SSSR count). The summed E-state index contributed by atoms with van der Waals surface area (Å²) in [7, 11) is -3.62. The Morgan fingerprint density at radius 1 is 1.24 bits per heavy atom. The Morgan fingerprint density at radius 2 is 2.00 bits per heavy atom. The van der Waals surface area contributed by atoms with Crippen molar-refractivity contribution in [1.82, 2.24) is 4.72 Å². The SMILES string of the molecule is NC1(CNS(=O)(=O)c2ccc3oc(=O)ccc3c2)CCC1. The first-order valence-corrected chi connectivity index (χ1v) is 8.19. The standard InChI is InChI=1S/C14H16N2O4S/c15-14(6-1-7-14)9-16-21(18,19)11-3-4-12-10(8-11)2-5-13(17)20-12/h2-5,8,16H,1,6-7,9,15H2. The van der Waals surface area contributed by atoms with Crippen molar-refractivity contribution in [3.63, 3.8) is 0 Å². The summed E-state index contributed by atoms with van der Waals surface area (Å²) < 4.78 is 32.1. The normalized spacial score (nSPS) is 17.6. The molecule has 6 nitrogen and oxygen atoms in total. The molecule has 1 aliphatic carbocycles. The fraction of sp³-hybridized carbons (Fsp3) is 0.357. The Bertz CT molecular complexity index is 837. The summed E-state index contributed by atoms with van der Waals surface area (Å²) in [5, 5.41) is 0.559. The number of nitrogens with one attached hydrogen (secondary N) is 1. The predicted octanol–water partition coefficient (Wildman–Crippen LogP) is 0.953. The van der Waals surface area contributed by atoms with Crippen LogP contribution >= 0.6 is 0 Å². The minimum absolute atomic E-state index is 0.131. The second-order valence-electron chi connectivity index (χ2n) is 5.49. The maximum atomic E-state index is 12.3. The molecule has 1 fully saturated rings. The van der Waals surface area contributed by atoms with Crippen LogP contribution in [0, 0.1) is 0 Å². The lowest BCUT2D eigenvalue weighted by Gasteiger charge is -2.38. The fourth-order valence-corrected chi connectivity index (χ4v) is 3.52. The van der Waals surface area contributed by atoms with E-state index in [0.717, 1.165) is 19.3 Å². The topological polar surface area (TPSA) is 102 Å². The Morgan fingerprint density at radius 3 is 2.67 bits per heavy atom. The molecule has 1 aromatic carbocycles. The number of hydrogen-bond donors (Lipinski definition) is 2. The molecule has 112 valence electrons. The number of hydrogen-bond acceptors (Lipinski definition) is 5. The van der Waals surface area contributed by atoms with E-state index < -0.39 is 21.2 Å². The molecule has 0 aliphatic heterocycles. The van der Waals surface area contributed by atoms with E-state index in [1.165, 1.54) is 30.3 Å². The highest BCUT2D eigenvalue weighted by molar-refractivity contribution is 7.89. The zero-order chi connectivity index (χ0) is 15.1. The van der Waals surface area contributed by atoms with E-state index in [9.17, 15) is 13.2 Å². The maximum Gasteiger partial charge on any atom is 0.336 e. The smallest absolute Gasteiger partial charge is 0.336 e. The van der Waals surface area contributed by atoms with Crippen LogP contribution < -0.4 is 16.1 Å². The lowest BCUT2D eigenvalue weighted by molar-refractivity contribution is 0.251. The summed E-state index contributed by atoms with van der Waals surface area (Å²) in [5.74, 6) is 0. The second kappa shape index (κ2) is 4.94. The lowest BCUT2D eigenvalue weighted by atomic mass is 9.78. The molecule has 0 amide bonds. The monoisotopic (exact) mass is 308 g/mol. The number of rotatable bonds is 4. The van der Waals surface area contributed by atoms with E-state index >= 15 is 0 Å². The summed E-state index contributed by atoms with van der Waals surface area (Å²) in [6.07, 6.45) is 2.70. The molecule has 0 saturated heterocycles. The first-order valence-electron chi connectivity index (χ1n) is 6.71. The van der Waals surface area contributed by atoms with Crippen LogP contribution in [0.2, 0.25) is 0 Å². The molecule has 0 radical (unpaired) electrons. The van der Waals surface area contributed by atoms with Crippen LogP contribution in [0.3, 0.4) is 0 Å². The molecule has 1 heterocycles. The fourth-order valence-electron chi connectivity index (χ4n) is 2.35. The van der Waals surface area contributed by atoms with Gasteiger partial charge in [-0.2, -0.15) is 0 Å². The van der Waals surface area contributed by atoms with Gasteiger partial charge in [0, 0.05) is 23.5 Å². The lowest BCUT2D eigenvalue weighted by Crippen LogP contribution is -2.54. The largest absolute Gasteiger partial charge is 0.423 e. The average molecular weight is 308 g/mol. The molecule has 0 atom stereocenters. The molecule has 1 aliphatic rings. The highest BCUT2D eigenvalue weighted by Crippen LogP contribution is 2.28. The Hall–Kier alpha value is -1.70. The summed E-state index contributed by atoms with van der Waals surface area (Å²) >= 11 is 0. The molecular formula is C14H16N2O4S. The zero-order valence-corrected chi connectivity index (χ0v) is 12.2. The van der Waals surface area contributed by atoms with E-state index in [-0.39, 0.29) is 11.4 Å². The van der Waals surface area contributed by atoms with Gasteiger partial charge in [0.15, 0.2) is 0 Å². The van der Waals surface area contributed by atoms with Crippen molar-refractivity contribution in [2.24, 2.45) is 5.73 Å². The van der Waals surface area contributed by atoms with Gasteiger partial charge in [0.2, 0.25) is 10.0 Å². The molecular weight excluding hydrogens is 292 g/mol. The molecule has 1 aromatic heterocycles. The first-order chi connectivity index (χ1) is 9.88. The molecule has 2 aromatic rings. The average Bonchev–Trinajstić information content (AvgIpc) is 2.42. The summed E-state index contributed by atoms with van der Waals surface area (Å²) in [6.45, 7) is 0.233. The van der Waals surface area contributed by atoms with Crippen molar-refractivity contribution >= 4 is 21.0 Å². The Labute approximate surface area is 122 Å². The zero-order valence-electron chi connectivity index (χ0n) is 11.3. The number of benzene rings is 1. The highest BCUT2D eigenvalue weighted by atomic mass is 32.2. The van der Waals surface area contributed by atoms with Gasteiger partial charge in [-0.05, 0) is 43.5 Å². The van der Waals surface area contributed by atoms with Gasteiger partial charge in [0.25, 0.3) is 0 Å². The third kappa shape index (κ3) is 2.85. The first kappa shape index (κ1) is 14.2. The van der Waals surface area contributed by atoms with Crippen LogP contribution in [0.25, 0.3) is 11.0 Å². The molecule has 0 unspecified atom stereocenters. The summed E-state index contributed by atoms with van der Waals surface area (Å²) in [6, 6.07) is 7.17. The van der Waals surface area contributed by atoms with Crippen LogP contribution in [0.1, 0.15) is 19.3 Å². The van der Waals surface area contributed by atoms with Gasteiger partial charge >= 0.3 is 5.63 Å². The van der Waals surface area contributed by atoms with Crippen LogP contribution in [-0.4, -0.2) is 20.5 Å². The van der Waals surface area contributed by atoms with Crippen LogP contribution in [0.15, 0.2) is 44.4 Å². The van der Waals surface area contributed by atoms with Crippen LogP contribution in [0.4, 0.5) is 0 Å². The molecule has 0 spiro atoms. The molecule has 0 bridgehead atoms.